The minimum atomic E-state index is 0.261. The molecule has 2 fully saturated rings. The quantitative estimate of drug-likeness (QED) is 0.279. The van der Waals surface area contributed by atoms with Crippen molar-refractivity contribution in [3.05, 3.63) is 0 Å². The molecule has 2 rings (SSSR count). The molecule has 0 spiro atoms. The monoisotopic (exact) mass is 212 g/mol. The molecule has 2 aliphatic rings. The van der Waals surface area contributed by atoms with Crippen LogP contribution < -0.4 is 11.3 Å². The first kappa shape index (κ1) is 10.7. The summed E-state index contributed by atoms with van der Waals surface area (Å²) in [6.07, 6.45) is 3.07. The van der Waals surface area contributed by atoms with Gasteiger partial charge in [0.25, 0.3) is 0 Å². The van der Waals surface area contributed by atoms with Crippen LogP contribution in [0.1, 0.15) is 26.7 Å². The molecule has 0 radical (unpaired) electrons. The highest BCUT2D eigenvalue weighted by atomic mass is 16.5. The van der Waals surface area contributed by atoms with Crippen molar-refractivity contribution in [1.29, 1.82) is 0 Å². The van der Waals surface area contributed by atoms with Gasteiger partial charge in [0.15, 0.2) is 0 Å². The van der Waals surface area contributed by atoms with Crippen LogP contribution in [-0.4, -0.2) is 42.2 Å². The SMILES string of the molecule is CC(C)N=C(NN)N1CC2CCC(C1)O2. The zero-order valence-electron chi connectivity index (χ0n) is 9.44. The van der Waals surface area contributed by atoms with E-state index in [4.69, 9.17) is 10.6 Å². The number of nitrogens with zero attached hydrogens (tertiary/aromatic N) is 2. The Balaban J connectivity index is 2.03. The van der Waals surface area contributed by atoms with Crippen LogP contribution in [-0.2, 0) is 4.74 Å². The number of hydrogen-bond donors (Lipinski definition) is 2. The van der Waals surface area contributed by atoms with Crippen molar-refractivity contribution in [2.45, 2.75) is 44.9 Å². The summed E-state index contributed by atoms with van der Waals surface area (Å²) in [6, 6.07) is 0.261. The lowest BCUT2D eigenvalue weighted by Crippen LogP contribution is -2.52. The Morgan fingerprint density at radius 3 is 2.47 bits per heavy atom. The molecule has 0 aromatic heterocycles. The lowest BCUT2D eigenvalue weighted by atomic mass is 10.2. The van der Waals surface area contributed by atoms with E-state index in [1.807, 2.05) is 13.8 Å². The van der Waals surface area contributed by atoms with Crippen LogP contribution in [0.15, 0.2) is 4.99 Å². The Morgan fingerprint density at radius 2 is 2.00 bits per heavy atom. The van der Waals surface area contributed by atoms with Crippen molar-refractivity contribution in [2.24, 2.45) is 10.8 Å². The number of ether oxygens (including phenoxy) is 1. The second-order valence-corrected chi connectivity index (χ2v) is 4.55. The molecule has 2 unspecified atom stereocenters. The molecule has 15 heavy (non-hydrogen) atoms. The van der Waals surface area contributed by atoms with Crippen LogP contribution in [0.3, 0.4) is 0 Å². The predicted octanol–water partition coefficient (Wildman–Crippen LogP) is 0.0773. The van der Waals surface area contributed by atoms with E-state index in [0.717, 1.165) is 19.0 Å². The number of aliphatic imine (C=N–C) groups is 1. The van der Waals surface area contributed by atoms with E-state index in [1.54, 1.807) is 0 Å². The molecule has 86 valence electrons. The van der Waals surface area contributed by atoms with E-state index >= 15 is 0 Å². The Hall–Kier alpha value is -0.810. The maximum absolute atomic E-state index is 5.76. The van der Waals surface area contributed by atoms with Crippen LogP contribution in [0.4, 0.5) is 0 Å². The van der Waals surface area contributed by atoms with Crippen molar-refractivity contribution in [1.82, 2.24) is 10.3 Å². The van der Waals surface area contributed by atoms with Crippen LogP contribution >= 0.6 is 0 Å². The molecule has 0 aromatic carbocycles. The van der Waals surface area contributed by atoms with Crippen LogP contribution in [0, 0.1) is 0 Å². The number of nitrogens with one attached hydrogen (secondary N) is 1. The maximum atomic E-state index is 5.76. The molecule has 2 heterocycles. The molecule has 5 nitrogen and oxygen atoms in total. The van der Waals surface area contributed by atoms with Gasteiger partial charge in [0.1, 0.15) is 0 Å². The van der Waals surface area contributed by atoms with Crippen LogP contribution in [0.25, 0.3) is 0 Å². The standard InChI is InChI=1S/C10H20N4O/c1-7(2)12-10(13-11)14-5-8-3-4-9(6-14)15-8/h7-9H,3-6,11H2,1-2H3,(H,12,13). The second-order valence-electron chi connectivity index (χ2n) is 4.55. The molecule has 0 amide bonds. The zero-order valence-corrected chi connectivity index (χ0v) is 9.44. The molecule has 0 aliphatic carbocycles. The number of hydrogen-bond acceptors (Lipinski definition) is 3. The van der Waals surface area contributed by atoms with Gasteiger partial charge < -0.3 is 9.64 Å². The van der Waals surface area contributed by atoms with Gasteiger partial charge >= 0.3 is 0 Å². The molecule has 2 atom stereocenters. The van der Waals surface area contributed by atoms with E-state index < -0.39 is 0 Å². The summed E-state index contributed by atoms with van der Waals surface area (Å²) in [7, 11) is 0. The first-order valence-electron chi connectivity index (χ1n) is 5.64. The summed E-state index contributed by atoms with van der Waals surface area (Å²) in [5.41, 5.74) is 2.69. The normalized spacial score (nSPS) is 31.2. The van der Waals surface area contributed by atoms with E-state index in [1.165, 1.54) is 12.8 Å². The smallest absolute Gasteiger partial charge is 0.208 e. The number of nitrogens with two attached hydrogens (primary N) is 1. The topological polar surface area (TPSA) is 62.9 Å². The van der Waals surface area contributed by atoms with Crippen molar-refractivity contribution in [2.75, 3.05) is 13.1 Å². The molecule has 0 saturated carbocycles. The minimum absolute atomic E-state index is 0.261. The average molecular weight is 212 g/mol. The largest absolute Gasteiger partial charge is 0.371 e. The molecule has 3 N–H and O–H groups in total. The fraction of sp³-hybridized carbons (Fsp3) is 0.900. The number of fused-ring (bicyclic) bond motifs is 2. The van der Waals surface area contributed by atoms with E-state index in [0.29, 0.717) is 12.2 Å². The minimum Gasteiger partial charge on any atom is -0.371 e. The van der Waals surface area contributed by atoms with Gasteiger partial charge in [-0.05, 0) is 26.7 Å². The third-order valence-electron chi connectivity index (χ3n) is 2.85. The average Bonchev–Trinajstić information content (AvgIpc) is 2.54. The summed E-state index contributed by atoms with van der Waals surface area (Å²) in [5.74, 6) is 6.30. The van der Waals surface area contributed by atoms with Crippen LogP contribution in [0.5, 0.6) is 0 Å². The van der Waals surface area contributed by atoms with E-state index in [-0.39, 0.29) is 6.04 Å². The van der Waals surface area contributed by atoms with Gasteiger partial charge in [-0.25, -0.2) is 10.8 Å². The van der Waals surface area contributed by atoms with Crippen LogP contribution in [0.2, 0.25) is 0 Å². The number of morpholine rings is 1. The highest BCUT2D eigenvalue weighted by molar-refractivity contribution is 5.79. The third kappa shape index (κ3) is 2.41. The third-order valence-corrected chi connectivity index (χ3v) is 2.85. The van der Waals surface area contributed by atoms with Gasteiger partial charge in [-0.15, -0.1) is 0 Å². The summed E-state index contributed by atoms with van der Waals surface area (Å²) in [6.45, 7) is 5.91. The fourth-order valence-electron chi connectivity index (χ4n) is 2.24. The highest BCUT2D eigenvalue weighted by Crippen LogP contribution is 2.26. The van der Waals surface area contributed by atoms with E-state index in [9.17, 15) is 0 Å². The van der Waals surface area contributed by atoms with Gasteiger partial charge in [-0.1, -0.05) is 0 Å². The Labute approximate surface area is 90.6 Å². The lowest BCUT2D eigenvalue weighted by molar-refractivity contribution is -0.0168. The molecule has 5 heteroatoms. The predicted molar refractivity (Wildman–Crippen MR) is 59.4 cm³/mol. The molecule has 2 aliphatic heterocycles. The molecule has 0 aromatic rings. The van der Waals surface area contributed by atoms with E-state index in [2.05, 4.69) is 15.3 Å². The number of guanidine groups is 1. The summed E-state index contributed by atoms with van der Waals surface area (Å²) in [5, 5.41) is 0. The number of hydrazine groups is 1. The number of rotatable bonds is 1. The summed E-state index contributed by atoms with van der Waals surface area (Å²) >= 11 is 0. The second kappa shape index (κ2) is 4.37. The lowest BCUT2D eigenvalue weighted by Gasteiger charge is -2.34. The zero-order chi connectivity index (χ0) is 10.8. The van der Waals surface area contributed by atoms with Crippen molar-refractivity contribution >= 4 is 5.96 Å². The highest BCUT2D eigenvalue weighted by Gasteiger charge is 2.34. The molecular weight excluding hydrogens is 192 g/mol. The van der Waals surface area contributed by atoms with Crippen molar-refractivity contribution in [3.63, 3.8) is 0 Å². The Morgan fingerprint density at radius 1 is 1.40 bits per heavy atom. The first-order chi connectivity index (χ1) is 7.19. The first-order valence-corrected chi connectivity index (χ1v) is 5.64. The van der Waals surface area contributed by atoms with Crippen molar-refractivity contribution in [3.8, 4) is 0 Å². The molecule has 2 saturated heterocycles. The summed E-state index contributed by atoms with van der Waals surface area (Å²) < 4.78 is 5.76. The number of likely N-dealkylation sites (tertiary alicyclic amines) is 1. The van der Waals surface area contributed by atoms with Gasteiger partial charge in [0, 0.05) is 19.1 Å². The molecule has 2 bridgehead atoms. The summed E-state index contributed by atoms with van der Waals surface area (Å²) in [4.78, 5) is 6.67. The van der Waals surface area contributed by atoms with Gasteiger partial charge in [-0.2, -0.15) is 0 Å². The van der Waals surface area contributed by atoms with Gasteiger partial charge in [0.2, 0.25) is 5.96 Å². The molecular formula is C10H20N4O. The van der Waals surface area contributed by atoms with Gasteiger partial charge in [-0.3, -0.25) is 5.43 Å². The Bertz CT molecular complexity index is 242. The van der Waals surface area contributed by atoms with Crippen molar-refractivity contribution < 1.29 is 4.74 Å². The maximum Gasteiger partial charge on any atom is 0.208 e. The Kier molecular flexibility index (Phi) is 3.11. The fourth-order valence-corrected chi connectivity index (χ4v) is 2.24. The van der Waals surface area contributed by atoms with Gasteiger partial charge in [0.05, 0.1) is 12.2 Å².